The third-order valence-corrected chi connectivity index (χ3v) is 2.64. The molecular weight excluding hydrogens is 210 g/mol. The molecule has 2 rings (SSSR count). The Labute approximate surface area is 91.7 Å². The van der Waals surface area contributed by atoms with Crippen LogP contribution in [0.25, 0.3) is 0 Å². The number of benzene rings is 1. The van der Waals surface area contributed by atoms with Gasteiger partial charge in [0.05, 0.1) is 5.92 Å². The maximum Gasteiger partial charge on any atom is 0.311 e. The second-order valence-corrected chi connectivity index (χ2v) is 3.75. The fraction of sp³-hybridized carbons (Fsp3) is 0.273. The molecule has 1 aromatic carbocycles. The summed E-state index contributed by atoms with van der Waals surface area (Å²) in [6, 6.07) is 4.33. The number of hydrogen-bond acceptors (Lipinski definition) is 3. The van der Waals surface area contributed by atoms with Crippen LogP contribution in [0.4, 0.5) is 5.69 Å². The number of rotatable bonds is 1. The lowest BCUT2D eigenvalue weighted by Crippen LogP contribution is -2.11. The summed E-state index contributed by atoms with van der Waals surface area (Å²) < 4.78 is 0. The number of amides is 1. The highest BCUT2D eigenvalue weighted by molar-refractivity contribution is 5.95. The molecule has 1 unspecified atom stereocenters. The Morgan fingerprint density at radius 3 is 2.88 bits per heavy atom. The fourth-order valence-corrected chi connectivity index (χ4v) is 1.86. The maximum absolute atomic E-state index is 11.3. The molecule has 0 fully saturated rings. The highest BCUT2D eigenvalue weighted by atomic mass is 16.4. The van der Waals surface area contributed by atoms with Crippen LogP contribution in [-0.2, 0) is 9.59 Å². The van der Waals surface area contributed by atoms with Crippen molar-refractivity contribution in [2.45, 2.75) is 18.8 Å². The molecule has 1 aliphatic heterocycles. The Balaban J connectivity index is 2.50. The molecule has 0 aliphatic carbocycles. The van der Waals surface area contributed by atoms with Crippen molar-refractivity contribution < 1.29 is 19.8 Å². The third kappa shape index (κ3) is 1.84. The number of nitrogens with one attached hydrogen (secondary N) is 1. The van der Waals surface area contributed by atoms with Crippen LogP contribution in [0.1, 0.15) is 24.3 Å². The second kappa shape index (κ2) is 3.84. The molecule has 0 radical (unpaired) electrons. The largest absolute Gasteiger partial charge is 0.508 e. The van der Waals surface area contributed by atoms with E-state index in [9.17, 15) is 14.7 Å². The normalized spacial score (nSPS) is 19.5. The van der Waals surface area contributed by atoms with Crippen molar-refractivity contribution in [3.8, 4) is 5.75 Å². The summed E-state index contributed by atoms with van der Waals surface area (Å²) in [6.45, 7) is 0. The number of aromatic hydroxyl groups is 1. The van der Waals surface area contributed by atoms with Gasteiger partial charge in [-0.05, 0) is 18.1 Å². The quantitative estimate of drug-likeness (QED) is 0.667. The number of phenols is 1. The number of carboxylic acids is 1. The van der Waals surface area contributed by atoms with Gasteiger partial charge in [0.1, 0.15) is 5.75 Å². The zero-order valence-electron chi connectivity index (χ0n) is 8.43. The van der Waals surface area contributed by atoms with E-state index in [0.29, 0.717) is 11.3 Å². The van der Waals surface area contributed by atoms with Gasteiger partial charge in [-0.2, -0.15) is 0 Å². The van der Waals surface area contributed by atoms with Crippen LogP contribution in [0.15, 0.2) is 18.2 Å². The molecule has 84 valence electrons. The van der Waals surface area contributed by atoms with Gasteiger partial charge >= 0.3 is 5.97 Å². The van der Waals surface area contributed by atoms with Crippen LogP contribution >= 0.6 is 0 Å². The molecule has 0 spiro atoms. The first-order valence-corrected chi connectivity index (χ1v) is 4.93. The van der Waals surface area contributed by atoms with Gasteiger partial charge in [-0.15, -0.1) is 0 Å². The number of aliphatic carboxylic acids is 1. The monoisotopic (exact) mass is 221 g/mol. The van der Waals surface area contributed by atoms with Gasteiger partial charge in [0.25, 0.3) is 0 Å². The minimum Gasteiger partial charge on any atom is -0.508 e. The molecule has 0 bridgehead atoms. The predicted molar refractivity (Wildman–Crippen MR) is 56.3 cm³/mol. The van der Waals surface area contributed by atoms with E-state index in [1.807, 2.05) is 0 Å². The van der Waals surface area contributed by atoms with E-state index in [0.717, 1.165) is 0 Å². The Kier molecular flexibility index (Phi) is 2.52. The molecule has 0 aromatic heterocycles. The molecule has 1 aromatic rings. The zero-order chi connectivity index (χ0) is 11.7. The Morgan fingerprint density at radius 2 is 2.19 bits per heavy atom. The van der Waals surface area contributed by atoms with Crippen LogP contribution in [0, 0.1) is 0 Å². The summed E-state index contributed by atoms with van der Waals surface area (Å²) in [6.07, 6.45) is 0.450. The number of carboxylic acid groups (broad SMARTS) is 1. The molecule has 0 saturated heterocycles. The van der Waals surface area contributed by atoms with E-state index < -0.39 is 11.9 Å². The number of phenolic OH excluding ortho intramolecular Hbond substituents is 1. The van der Waals surface area contributed by atoms with Crippen LogP contribution in [-0.4, -0.2) is 22.1 Å². The van der Waals surface area contributed by atoms with Crippen molar-refractivity contribution in [1.82, 2.24) is 0 Å². The summed E-state index contributed by atoms with van der Waals surface area (Å²) >= 11 is 0. The summed E-state index contributed by atoms with van der Waals surface area (Å²) in [7, 11) is 0. The van der Waals surface area contributed by atoms with Gasteiger partial charge in [0.2, 0.25) is 5.91 Å². The molecule has 0 saturated carbocycles. The number of hydrogen-bond donors (Lipinski definition) is 3. The summed E-state index contributed by atoms with van der Waals surface area (Å²) in [5.74, 6) is -1.88. The first-order chi connectivity index (χ1) is 7.58. The molecule has 16 heavy (non-hydrogen) atoms. The zero-order valence-corrected chi connectivity index (χ0v) is 8.43. The van der Waals surface area contributed by atoms with Crippen molar-refractivity contribution in [3.05, 3.63) is 23.8 Å². The molecule has 5 heteroatoms. The van der Waals surface area contributed by atoms with Gasteiger partial charge < -0.3 is 15.5 Å². The average Bonchev–Trinajstić information content (AvgIpc) is 2.35. The SMILES string of the molecule is O=C1CCC(C(=O)O)c2ccc(O)cc2N1. The first-order valence-electron chi connectivity index (χ1n) is 4.93. The van der Waals surface area contributed by atoms with E-state index in [1.165, 1.54) is 18.2 Å². The third-order valence-electron chi connectivity index (χ3n) is 2.64. The number of fused-ring (bicyclic) bond motifs is 1. The average molecular weight is 221 g/mol. The lowest BCUT2D eigenvalue weighted by Gasteiger charge is -2.12. The van der Waals surface area contributed by atoms with Crippen molar-refractivity contribution >= 4 is 17.6 Å². The van der Waals surface area contributed by atoms with Gasteiger partial charge in [-0.25, -0.2) is 0 Å². The molecular formula is C11H11NO4. The minimum atomic E-state index is -0.955. The lowest BCUT2D eigenvalue weighted by atomic mass is 9.94. The molecule has 1 atom stereocenters. The smallest absolute Gasteiger partial charge is 0.311 e. The second-order valence-electron chi connectivity index (χ2n) is 3.75. The predicted octanol–water partition coefficient (Wildman–Crippen LogP) is 1.29. The summed E-state index contributed by atoms with van der Waals surface area (Å²) in [5.41, 5.74) is 0.922. The van der Waals surface area contributed by atoms with Gasteiger partial charge in [-0.1, -0.05) is 6.07 Å². The number of carbonyl (C=O) groups excluding carboxylic acids is 1. The van der Waals surface area contributed by atoms with E-state index >= 15 is 0 Å². The van der Waals surface area contributed by atoms with Crippen LogP contribution in [0.2, 0.25) is 0 Å². The maximum atomic E-state index is 11.3. The van der Waals surface area contributed by atoms with Crippen LogP contribution < -0.4 is 5.32 Å². The molecule has 1 aliphatic rings. The van der Waals surface area contributed by atoms with Crippen LogP contribution in [0.5, 0.6) is 5.75 Å². The van der Waals surface area contributed by atoms with Crippen LogP contribution in [0.3, 0.4) is 0 Å². The molecule has 1 amide bonds. The topological polar surface area (TPSA) is 86.6 Å². The van der Waals surface area contributed by atoms with Gasteiger partial charge in [0.15, 0.2) is 0 Å². The van der Waals surface area contributed by atoms with Crippen molar-refractivity contribution in [3.63, 3.8) is 0 Å². The Hall–Kier alpha value is -2.04. The summed E-state index contributed by atoms with van der Waals surface area (Å²) in [5, 5.41) is 20.9. The molecule has 3 N–H and O–H groups in total. The Bertz CT molecular complexity index is 455. The van der Waals surface area contributed by atoms with Crippen molar-refractivity contribution in [1.29, 1.82) is 0 Å². The van der Waals surface area contributed by atoms with Gasteiger partial charge in [-0.3, -0.25) is 9.59 Å². The number of anilines is 1. The highest BCUT2D eigenvalue weighted by Gasteiger charge is 2.27. The number of carbonyl (C=O) groups is 2. The highest BCUT2D eigenvalue weighted by Crippen LogP contribution is 2.33. The first kappa shape index (κ1) is 10.5. The lowest BCUT2D eigenvalue weighted by molar-refractivity contribution is -0.138. The van der Waals surface area contributed by atoms with Crippen molar-refractivity contribution in [2.24, 2.45) is 0 Å². The molecule has 5 nitrogen and oxygen atoms in total. The minimum absolute atomic E-state index is 0.00471. The summed E-state index contributed by atoms with van der Waals surface area (Å²) in [4.78, 5) is 22.4. The fourth-order valence-electron chi connectivity index (χ4n) is 1.86. The Morgan fingerprint density at radius 1 is 1.44 bits per heavy atom. The standard InChI is InChI=1S/C11H11NO4/c13-6-1-2-7-8(11(15)16)3-4-10(14)12-9(7)5-6/h1-2,5,8,13H,3-4H2,(H,12,14)(H,15,16). The van der Waals surface area contributed by atoms with E-state index in [4.69, 9.17) is 5.11 Å². The van der Waals surface area contributed by atoms with Crippen molar-refractivity contribution in [2.75, 3.05) is 5.32 Å². The molecule has 1 heterocycles. The van der Waals surface area contributed by atoms with E-state index in [1.54, 1.807) is 0 Å². The van der Waals surface area contributed by atoms with E-state index in [2.05, 4.69) is 5.32 Å². The van der Waals surface area contributed by atoms with E-state index in [-0.39, 0.29) is 24.5 Å². The van der Waals surface area contributed by atoms with Gasteiger partial charge in [0, 0.05) is 18.2 Å².